The van der Waals surface area contributed by atoms with Crippen LogP contribution in [0.15, 0.2) is 76.5 Å². The van der Waals surface area contributed by atoms with Crippen molar-refractivity contribution in [2.75, 3.05) is 15.6 Å². The van der Waals surface area contributed by atoms with Gasteiger partial charge in [-0.05, 0) is 79.1 Å². The first kappa shape index (κ1) is 24.8. The van der Waals surface area contributed by atoms with Crippen molar-refractivity contribution in [3.63, 3.8) is 0 Å². The topological polar surface area (TPSA) is 92.8 Å². The molecular weight excluding hydrogens is 512 g/mol. The second-order valence-corrected chi connectivity index (χ2v) is 11.1. The second-order valence-electron chi connectivity index (χ2n) is 7.60. The molecule has 0 bridgehead atoms. The van der Waals surface area contributed by atoms with Crippen LogP contribution in [0.1, 0.15) is 12.0 Å². The summed E-state index contributed by atoms with van der Waals surface area (Å²) in [5.41, 5.74) is 1.01. The molecule has 7 nitrogen and oxygen atoms in total. The summed E-state index contributed by atoms with van der Waals surface area (Å²) in [5, 5.41) is 0. The van der Waals surface area contributed by atoms with E-state index in [-0.39, 0.29) is 27.7 Å². The molecule has 35 heavy (non-hydrogen) atoms. The Morgan fingerprint density at radius 1 is 0.857 bits per heavy atom. The van der Waals surface area contributed by atoms with Crippen LogP contribution in [0, 0.1) is 5.82 Å². The van der Waals surface area contributed by atoms with Gasteiger partial charge in [0.05, 0.1) is 21.2 Å². The number of halogens is 4. The van der Waals surface area contributed by atoms with E-state index >= 15 is 0 Å². The van der Waals surface area contributed by atoms with Gasteiger partial charge in [0.1, 0.15) is 11.6 Å². The van der Waals surface area contributed by atoms with Crippen LogP contribution in [0.25, 0.3) is 0 Å². The van der Waals surface area contributed by atoms with Gasteiger partial charge in [0, 0.05) is 6.54 Å². The molecule has 0 unspecified atom stereocenters. The molecule has 186 valence electrons. The van der Waals surface area contributed by atoms with E-state index in [1.165, 1.54) is 12.1 Å². The second kappa shape index (κ2) is 9.04. The Hall–Kier alpha value is -3.32. The number of nitrogens with zero attached hydrogens (tertiary/aromatic N) is 1. The average molecular weight is 531 g/mol. The fourth-order valence-corrected chi connectivity index (χ4v) is 6.20. The van der Waals surface area contributed by atoms with Gasteiger partial charge in [-0.2, -0.15) is 0 Å². The molecule has 4 rings (SSSR count). The molecule has 0 aliphatic carbocycles. The highest BCUT2D eigenvalue weighted by Crippen LogP contribution is 2.35. The van der Waals surface area contributed by atoms with Crippen molar-refractivity contribution < 1.29 is 39.1 Å². The first-order valence-electron chi connectivity index (χ1n) is 10.1. The smallest absolute Gasteiger partial charge is 0.406 e. The molecule has 0 amide bonds. The number of benzene rings is 3. The monoisotopic (exact) mass is 530 g/mol. The van der Waals surface area contributed by atoms with E-state index in [1.807, 2.05) is 0 Å². The van der Waals surface area contributed by atoms with Gasteiger partial charge >= 0.3 is 6.36 Å². The van der Waals surface area contributed by atoms with Gasteiger partial charge in [-0.25, -0.2) is 21.2 Å². The zero-order chi connectivity index (χ0) is 25.4. The van der Waals surface area contributed by atoms with E-state index in [0.717, 1.165) is 52.8 Å². The SMILES string of the molecule is O=S(=O)(Nc1ccc2c(c1)N(S(=O)(=O)c1ccc(F)cc1)CCC2)c1ccc(OC(F)(F)F)cc1. The van der Waals surface area contributed by atoms with Gasteiger partial charge < -0.3 is 4.74 Å². The molecule has 3 aromatic rings. The molecule has 0 atom stereocenters. The Bertz CT molecular complexity index is 1440. The van der Waals surface area contributed by atoms with Crippen molar-refractivity contribution in [3.05, 3.63) is 78.1 Å². The van der Waals surface area contributed by atoms with Crippen molar-refractivity contribution in [2.45, 2.75) is 29.0 Å². The number of fused-ring (bicyclic) bond motifs is 1. The molecule has 0 saturated heterocycles. The molecule has 1 N–H and O–H groups in total. The summed E-state index contributed by atoms with van der Waals surface area (Å²) in [6.45, 7) is 0.142. The van der Waals surface area contributed by atoms with Crippen molar-refractivity contribution in [2.24, 2.45) is 0 Å². The van der Waals surface area contributed by atoms with Gasteiger partial charge in [0.2, 0.25) is 0 Å². The third kappa shape index (κ3) is 5.51. The predicted octanol–water partition coefficient (Wildman–Crippen LogP) is 4.67. The van der Waals surface area contributed by atoms with Crippen molar-refractivity contribution in [1.29, 1.82) is 0 Å². The van der Waals surface area contributed by atoms with E-state index in [2.05, 4.69) is 9.46 Å². The van der Waals surface area contributed by atoms with Crippen molar-refractivity contribution >= 4 is 31.4 Å². The van der Waals surface area contributed by atoms with E-state index in [0.29, 0.717) is 18.4 Å². The van der Waals surface area contributed by atoms with Crippen LogP contribution in [-0.2, 0) is 26.5 Å². The lowest BCUT2D eigenvalue weighted by Gasteiger charge is -2.31. The summed E-state index contributed by atoms with van der Waals surface area (Å²) < 4.78 is 109. The minimum absolute atomic E-state index is 0.0561. The summed E-state index contributed by atoms with van der Waals surface area (Å²) in [6.07, 6.45) is -3.81. The maximum atomic E-state index is 13.3. The van der Waals surface area contributed by atoms with E-state index in [1.54, 1.807) is 6.07 Å². The Labute approximate surface area is 199 Å². The zero-order valence-electron chi connectivity index (χ0n) is 17.8. The number of alkyl halides is 3. The minimum atomic E-state index is -4.91. The van der Waals surface area contributed by atoms with Gasteiger partial charge in [-0.3, -0.25) is 9.03 Å². The van der Waals surface area contributed by atoms with Gasteiger partial charge in [-0.1, -0.05) is 6.07 Å². The molecule has 1 aliphatic heterocycles. The highest BCUT2D eigenvalue weighted by atomic mass is 32.2. The quantitative estimate of drug-likeness (QED) is 0.468. The summed E-state index contributed by atoms with van der Waals surface area (Å²) >= 11 is 0. The van der Waals surface area contributed by atoms with E-state index in [9.17, 15) is 34.4 Å². The van der Waals surface area contributed by atoms with E-state index in [4.69, 9.17) is 0 Å². The fourth-order valence-electron chi connectivity index (χ4n) is 3.62. The molecule has 0 fully saturated rings. The number of hydrogen-bond acceptors (Lipinski definition) is 5. The fraction of sp³-hybridized carbons (Fsp3) is 0.182. The molecule has 0 saturated carbocycles. The lowest BCUT2D eigenvalue weighted by atomic mass is 10.0. The van der Waals surface area contributed by atoms with Gasteiger partial charge in [0.15, 0.2) is 0 Å². The molecular formula is C22H18F4N2O5S2. The van der Waals surface area contributed by atoms with Crippen molar-refractivity contribution in [1.82, 2.24) is 0 Å². The number of ether oxygens (including phenoxy) is 1. The van der Waals surface area contributed by atoms with Crippen LogP contribution in [0.5, 0.6) is 5.75 Å². The average Bonchev–Trinajstić information content (AvgIpc) is 2.78. The summed E-state index contributed by atoms with van der Waals surface area (Å²) in [7, 11) is -8.25. The largest absolute Gasteiger partial charge is 0.573 e. The Morgan fingerprint density at radius 2 is 1.49 bits per heavy atom. The molecule has 1 heterocycles. The third-order valence-corrected chi connectivity index (χ3v) is 8.41. The molecule has 0 spiro atoms. The Morgan fingerprint density at radius 3 is 2.11 bits per heavy atom. The maximum Gasteiger partial charge on any atom is 0.573 e. The van der Waals surface area contributed by atoms with Crippen LogP contribution in [0.2, 0.25) is 0 Å². The van der Waals surface area contributed by atoms with Gasteiger partial charge in [0.25, 0.3) is 20.0 Å². The summed E-state index contributed by atoms with van der Waals surface area (Å²) in [6, 6.07) is 12.4. The van der Waals surface area contributed by atoms with Crippen LogP contribution in [0.3, 0.4) is 0 Å². The number of sulfonamides is 2. The normalized spacial score (nSPS) is 14.3. The van der Waals surface area contributed by atoms with Gasteiger partial charge in [-0.15, -0.1) is 13.2 Å². The van der Waals surface area contributed by atoms with Crippen LogP contribution in [0.4, 0.5) is 28.9 Å². The van der Waals surface area contributed by atoms with Crippen LogP contribution in [-0.4, -0.2) is 29.7 Å². The molecule has 13 heteroatoms. The first-order valence-corrected chi connectivity index (χ1v) is 13.1. The molecule has 1 aliphatic rings. The first-order chi connectivity index (χ1) is 16.3. The number of nitrogens with one attached hydrogen (secondary N) is 1. The lowest BCUT2D eigenvalue weighted by molar-refractivity contribution is -0.274. The lowest BCUT2D eigenvalue weighted by Crippen LogP contribution is -2.35. The standard InChI is InChI=1S/C22H18F4N2O5S2/c23-16-4-9-20(10-5-16)35(31,32)28-13-1-2-15-3-6-17(14-21(15)28)27-34(29,30)19-11-7-18(8-12-19)33-22(24,25)26/h3-12,14,27H,1-2,13H2. The van der Waals surface area contributed by atoms with Crippen molar-refractivity contribution in [3.8, 4) is 5.75 Å². The Kier molecular flexibility index (Phi) is 6.40. The van der Waals surface area contributed by atoms with Crippen LogP contribution >= 0.6 is 0 Å². The predicted molar refractivity (Wildman–Crippen MR) is 120 cm³/mol. The zero-order valence-corrected chi connectivity index (χ0v) is 19.4. The Balaban J connectivity index is 1.62. The van der Waals surface area contributed by atoms with E-state index < -0.39 is 38.0 Å². The maximum absolute atomic E-state index is 13.3. The molecule has 0 aromatic heterocycles. The number of hydrogen-bond donors (Lipinski definition) is 1. The molecule has 0 radical (unpaired) electrons. The number of anilines is 2. The number of rotatable bonds is 6. The third-order valence-electron chi connectivity index (χ3n) is 5.18. The van der Waals surface area contributed by atoms with Crippen LogP contribution < -0.4 is 13.8 Å². The molecule has 3 aromatic carbocycles. The highest BCUT2D eigenvalue weighted by molar-refractivity contribution is 7.93. The minimum Gasteiger partial charge on any atom is -0.406 e. The number of aryl methyl sites for hydroxylation is 1. The highest BCUT2D eigenvalue weighted by Gasteiger charge is 2.32. The summed E-state index contributed by atoms with van der Waals surface area (Å²) in [4.78, 5) is -0.431. The summed E-state index contributed by atoms with van der Waals surface area (Å²) in [5.74, 6) is -1.16.